The Kier molecular flexibility index (Phi) is 6.21. The SMILES string of the molecule is Cc1ccccc1CNC(=O)C(C)(C)C(=O)NCc1ccccc1Cl. The minimum Gasteiger partial charge on any atom is -0.351 e. The van der Waals surface area contributed by atoms with Crippen molar-refractivity contribution in [1.29, 1.82) is 0 Å². The van der Waals surface area contributed by atoms with E-state index in [0.717, 1.165) is 16.7 Å². The first kappa shape index (κ1) is 19.0. The van der Waals surface area contributed by atoms with E-state index in [0.29, 0.717) is 11.6 Å². The van der Waals surface area contributed by atoms with Gasteiger partial charge in [-0.25, -0.2) is 0 Å². The van der Waals surface area contributed by atoms with Crippen LogP contribution in [0, 0.1) is 12.3 Å². The Bertz CT molecular complexity index is 708. The molecule has 2 aromatic rings. The topological polar surface area (TPSA) is 58.2 Å². The fourth-order valence-electron chi connectivity index (χ4n) is 2.35. The van der Waals surface area contributed by atoms with Crippen molar-refractivity contribution in [2.24, 2.45) is 5.41 Å². The van der Waals surface area contributed by atoms with E-state index in [1.54, 1.807) is 19.9 Å². The Hall–Kier alpha value is -2.33. The summed E-state index contributed by atoms with van der Waals surface area (Å²) in [7, 11) is 0. The summed E-state index contributed by atoms with van der Waals surface area (Å²) in [4.78, 5) is 24.9. The van der Waals surface area contributed by atoms with E-state index in [-0.39, 0.29) is 18.4 Å². The monoisotopic (exact) mass is 358 g/mol. The number of hydrogen-bond donors (Lipinski definition) is 2. The lowest BCUT2D eigenvalue weighted by atomic mass is 9.90. The van der Waals surface area contributed by atoms with Gasteiger partial charge in [-0.3, -0.25) is 9.59 Å². The van der Waals surface area contributed by atoms with Gasteiger partial charge in [0.05, 0.1) is 0 Å². The molecule has 0 aliphatic heterocycles. The van der Waals surface area contributed by atoms with Crippen LogP contribution in [0.3, 0.4) is 0 Å². The molecule has 0 atom stereocenters. The number of halogens is 1. The summed E-state index contributed by atoms with van der Waals surface area (Å²) >= 11 is 6.09. The number of benzene rings is 2. The van der Waals surface area contributed by atoms with Crippen molar-refractivity contribution in [3.63, 3.8) is 0 Å². The van der Waals surface area contributed by atoms with E-state index in [1.807, 2.05) is 49.4 Å². The average Bonchev–Trinajstić information content (AvgIpc) is 2.59. The van der Waals surface area contributed by atoms with Gasteiger partial charge >= 0.3 is 0 Å². The first-order valence-electron chi connectivity index (χ1n) is 8.17. The van der Waals surface area contributed by atoms with E-state index < -0.39 is 5.41 Å². The zero-order valence-electron chi connectivity index (χ0n) is 14.7. The summed E-state index contributed by atoms with van der Waals surface area (Å²) in [6.45, 7) is 5.90. The van der Waals surface area contributed by atoms with E-state index in [9.17, 15) is 9.59 Å². The minimum atomic E-state index is -1.18. The third-order valence-electron chi connectivity index (χ3n) is 4.23. The van der Waals surface area contributed by atoms with Crippen molar-refractivity contribution < 1.29 is 9.59 Å². The molecule has 0 aliphatic carbocycles. The van der Waals surface area contributed by atoms with Crippen LogP contribution in [-0.4, -0.2) is 11.8 Å². The maximum absolute atomic E-state index is 12.5. The van der Waals surface area contributed by atoms with E-state index in [2.05, 4.69) is 10.6 Å². The van der Waals surface area contributed by atoms with E-state index >= 15 is 0 Å². The molecule has 2 rings (SSSR count). The molecule has 2 amide bonds. The molecule has 0 radical (unpaired) electrons. The van der Waals surface area contributed by atoms with E-state index in [1.165, 1.54) is 0 Å². The lowest BCUT2D eigenvalue weighted by molar-refractivity contribution is -0.141. The van der Waals surface area contributed by atoms with Gasteiger partial charge in [-0.05, 0) is 43.5 Å². The van der Waals surface area contributed by atoms with Gasteiger partial charge in [-0.1, -0.05) is 54.1 Å². The van der Waals surface area contributed by atoms with Gasteiger partial charge in [0.25, 0.3) is 0 Å². The molecular weight excluding hydrogens is 336 g/mol. The third kappa shape index (κ3) is 4.83. The third-order valence-corrected chi connectivity index (χ3v) is 4.60. The van der Waals surface area contributed by atoms with Crippen LogP contribution in [-0.2, 0) is 22.7 Å². The minimum absolute atomic E-state index is 0.285. The zero-order chi connectivity index (χ0) is 18.4. The Morgan fingerprint density at radius 1 is 0.880 bits per heavy atom. The van der Waals surface area contributed by atoms with Crippen molar-refractivity contribution >= 4 is 23.4 Å². The van der Waals surface area contributed by atoms with Crippen molar-refractivity contribution in [2.45, 2.75) is 33.9 Å². The molecule has 25 heavy (non-hydrogen) atoms. The van der Waals surface area contributed by atoms with Crippen molar-refractivity contribution in [3.05, 3.63) is 70.2 Å². The van der Waals surface area contributed by atoms with Crippen molar-refractivity contribution in [3.8, 4) is 0 Å². The molecule has 0 fully saturated rings. The fraction of sp³-hybridized carbons (Fsp3) is 0.300. The molecule has 0 bridgehead atoms. The lowest BCUT2D eigenvalue weighted by Crippen LogP contribution is -2.47. The van der Waals surface area contributed by atoms with Crippen LogP contribution in [0.5, 0.6) is 0 Å². The molecule has 2 N–H and O–H groups in total. The molecule has 0 heterocycles. The molecule has 5 heteroatoms. The van der Waals surface area contributed by atoms with Crippen LogP contribution in [0.4, 0.5) is 0 Å². The second kappa shape index (κ2) is 8.17. The van der Waals surface area contributed by atoms with Gasteiger partial charge in [0.15, 0.2) is 0 Å². The summed E-state index contributed by atoms with van der Waals surface area (Å²) in [6.07, 6.45) is 0. The van der Waals surface area contributed by atoms with Gasteiger partial charge in [-0.15, -0.1) is 0 Å². The summed E-state index contributed by atoms with van der Waals surface area (Å²) < 4.78 is 0. The fourth-order valence-corrected chi connectivity index (χ4v) is 2.55. The largest absolute Gasteiger partial charge is 0.351 e. The first-order chi connectivity index (χ1) is 11.8. The second-order valence-corrected chi connectivity index (χ2v) is 6.92. The van der Waals surface area contributed by atoms with Crippen LogP contribution in [0.15, 0.2) is 48.5 Å². The van der Waals surface area contributed by atoms with Gasteiger partial charge in [-0.2, -0.15) is 0 Å². The number of rotatable bonds is 6. The normalized spacial score (nSPS) is 11.0. The average molecular weight is 359 g/mol. The van der Waals surface area contributed by atoms with Gasteiger partial charge in [0.2, 0.25) is 11.8 Å². The van der Waals surface area contributed by atoms with Crippen molar-refractivity contribution in [1.82, 2.24) is 10.6 Å². The quantitative estimate of drug-likeness (QED) is 0.775. The smallest absolute Gasteiger partial charge is 0.235 e. The highest BCUT2D eigenvalue weighted by atomic mass is 35.5. The Morgan fingerprint density at radius 3 is 1.92 bits per heavy atom. The standard InChI is InChI=1S/C20H23ClN2O2/c1-14-8-4-5-9-15(14)12-22-18(24)20(2,3)19(25)23-13-16-10-6-7-11-17(16)21/h4-11H,12-13H2,1-3H3,(H,22,24)(H,23,25). The molecule has 4 nitrogen and oxygen atoms in total. The molecule has 0 saturated carbocycles. The van der Waals surface area contributed by atoms with Gasteiger partial charge in [0.1, 0.15) is 5.41 Å². The molecule has 0 aliphatic rings. The molecule has 132 valence electrons. The van der Waals surface area contributed by atoms with Crippen LogP contribution in [0.1, 0.15) is 30.5 Å². The number of carbonyl (C=O) groups excluding carboxylic acids is 2. The summed E-state index contributed by atoms with van der Waals surface area (Å²) in [6, 6.07) is 15.1. The number of hydrogen-bond acceptors (Lipinski definition) is 2. The van der Waals surface area contributed by atoms with Crippen molar-refractivity contribution in [2.75, 3.05) is 0 Å². The zero-order valence-corrected chi connectivity index (χ0v) is 15.5. The van der Waals surface area contributed by atoms with Gasteiger partial charge in [0, 0.05) is 18.1 Å². The van der Waals surface area contributed by atoms with E-state index in [4.69, 9.17) is 11.6 Å². The maximum atomic E-state index is 12.5. The molecule has 2 aromatic carbocycles. The van der Waals surface area contributed by atoms with Crippen LogP contribution in [0.25, 0.3) is 0 Å². The predicted octanol–water partition coefficient (Wildman–Crippen LogP) is 3.61. The van der Waals surface area contributed by atoms with Crippen LogP contribution in [0.2, 0.25) is 5.02 Å². The van der Waals surface area contributed by atoms with Crippen LogP contribution >= 0.6 is 11.6 Å². The Labute approximate surface area is 153 Å². The molecule has 0 spiro atoms. The van der Waals surface area contributed by atoms with Gasteiger partial charge < -0.3 is 10.6 Å². The van der Waals surface area contributed by atoms with Crippen LogP contribution < -0.4 is 10.6 Å². The number of aryl methyl sites for hydroxylation is 1. The summed E-state index contributed by atoms with van der Waals surface area (Å²) in [5, 5.41) is 6.22. The molecule has 0 unspecified atom stereocenters. The number of nitrogens with one attached hydrogen (secondary N) is 2. The number of amides is 2. The highest BCUT2D eigenvalue weighted by molar-refractivity contribution is 6.31. The highest BCUT2D eigenvalue weighted by Crippen LogP contribution is 2.18. The lowest BCUT2D eigenvalue weighted by Gasteiger charge is -2.23. The second-order valence-electron chi connectivity index (χ2n) is 6.51. The predicted molar refractivity (Wildman–Crippen MR) is 100 cm³/mol. The molecular formula is C20H23ClN2O2. The number of carbonyl (C=O) groups is 2. The molecule has 0 aromatic heterocycles. The summed E-state index contributed by atoms with van der Waals surface area (Å²) in [5.41, 5.74) is 1.77. The first-order valence-corrected chi connectivity index (χ1v) is 8.54. The Morgan fingerprint density at radius 2 is 1.36 bits per heavy atom. The highest BCUT2D eigenvalue weighted by Gasteiger charge is 2.35. The maximum Gasteiger partial charge on any atom is 0.235 e. The summed E-state index contributed by atoms with van der Waals surface area (Å²) in [5.74, 6) is -0.651. The Balaban J connectivity index is 1.94. The molecule has 0 saturated heterocycles.